The Morgan fingerprint density at radius 1 is 1.12 bits per heavy atom. The topological polar surface area (TPSA) is 89.2 Å². The number of amides is 2. The second kappa shape index (κ2) is 6.99. The van der Waals surface area contributed by atoms with Crippen molar-refractivity contribution < 1.29 is 9.00 Å². The van der Waals surface area contributed by atoms with E-state index in [0.717, 1.165) is 41.5 Å². The van der Waals surface area contributed by atoms with Crippen molar-refractivity contribution in [2.75, 3.05) is 23.0 Å². The molecule has 0 saturated heterocycles. The van der Waals surface area contributed by atoms with Gasteiger partial charge in [-0.25, -0.2) is 9.78 Å². The summed E-state index contributed by atoms with van der Waals surface area (Å²) in [5, 5.41) is 0. The van der Waals surface area contributed by atoms with Crippen LogP contribution in [0.3, 0.4) is 0 Å². The predicted molar refractivity (Wildman–Crippen MR) is 103 cm³/mol. The average Bonchev–Trinajstić information content (AvgIpc) is 2.67. The molecule has 2 amide bonds. The first-order valence-electron chi connectivity index (χ1n) is 8.67. The number of fused-ring (bicyclic) bond motifs is 1. The third kappa shape index (κ3) is 3.26. The first kappa shape index (κ1) is 16.9. The van der Waals surface area contributed by atoms with Crippen LogP contribution in [-0.2, 0) is 17.2 Å². The quantitative estimate of drug-likeness (QED) is 0.882. The Balaban J connectivity index is 1.67. The molecule has 2 aliphatic rings. The van der Waals surface area contributed by atoms with Crippen LogP contribution in [0.25, 0.3) is 16.7 Å². The number of nitrogens with zero attached hydrogens (tertiary/aromatic N) is 3. The van der Waals surface area contributed by atoms with Crippen LogP contribution in [0.4, 0.5) is 10.6 Å². The standard InChI is InChI=1S/C19H20N4O2S/c20-19(24)23-5-1-2-14-8-17(12-22-18(14)23)16-9-15(10-21-11-16)13-3-6-26(25)7-4-13/h3,8-12H,1-2,4-7H2,(H2,20,24). The molecule has 0 radical (unpaired) electrons. The molecule has 1 unspecified atom stereocenters. The highest BCUT2D eigenvalue weighted by Gasteiger charge is 2.22. The van der Waals surface area contributed by atoms with Crippen molar-refractivity contribution in [3.8, 4) is 11.1 Å². The lowest BCUT2D eigenvalue weighted by Crippen LogP contribution is -2.40. The lowest BCUT2D eigenvalue weighted by molar-refractivity contribution is 0.253. The molecule has 134 valence electrons. The summed E-state index contributed by atoms with van der Waals surface area (Å²) in [5.41, 5.74) is 10.7. The fourth-order valence-electron chi connectivity index (χ4n) is 3.47. The molecule has 0 spiro atoms. The maximum absolute atomic E-state index is 11.6. The number of anilines is 1. The molecule has 6 nitrogen and oxygen atoms in total. The average molecular weight is 368 g/mol. The van der Waals surface area contributed by atoms with Crippen LogP contribution in [0.5, 0.6) is 0 Å². The molecule has 7 heteroatoms. The minimum Gasteiger partial charge on any atom is -0.351 e. The molecule has 0 fully saturated rings. The summed E-state index contributed by atoms with van der Waals surface area (Å²) in [4.78, 5) is 22.0. The van der Waals surface area contributed by atoms with Crippen molar-refractivity contribution in [3.05, 3.63) is 47.9 Å². The highest BCUT2D eigenvalue weighted by Crippen LogP contribution is 2.31. The van der Waals surface area contributed by atoms with Gasteiger partial charge in [-0.05, 0) is 48.1 Å². The van der Waals surface area contributed by atoms with Gasteiger partial charge in [-0.15, -0.1) is 0 Å². The van der Waals surface area contributed by atoms with Crippen LogP contribution in [0, 0.1) is 0 Å². The summed E-state index contributed by atoms with van der Waals surface area (Å²) in [5.74, 6) is 1.98. The summed E-state index contributed by atoms with van der Waals surface area (Å²) in [6, 6.07) is 3.71. The maximum Gasteiger partial charge on any atom is 0.320 e. The zero-order valence-electron chi connectivity index (χ0n) is 14.4. The predicted octanol–water partition coefficient (Wildman–Crippen LogP) is 2.51. The van der Waals surface area contributed by atoms with E-state index in [-0.39, 0.29) is 0 Å². The summed E-state index contributed by atoms with van der Waals surface area (Å²) >= 11 is 0. The Labute approximate surface area is 154 Å². The van der Waals surface area contributed by atoms with E-state index in [1.54, 1.807) is 6.20 Å². The summed E-state index contributed by atoms with van der Waals surface area (Å²) < 4.78 is 11.5. The van der Waals surface area contributed by atoms with E-state index in [9.17, 15) is 9.00 Å². The lowest BCUT2D eigenvalue weighted by Gasteiger charge is -2.26. The van der Waals surface area contributed by atoms with Crippen molar-refractivity contribution in [1.82, 2.24) is 9.97 Å². The van der Waals surface area contributed by atoms with Crippen LogP contribution in [-0.4, -0.2) is 38.3 Å². The van der Waals surface area contributed by atoms with E-state index in [0.29, 0.717) is 23.9 Å². The number of hydrogen-bond donors (Lipinski definition) is 1. The van der Waals surface area contributed by atoms with Gasteiger partial charge >= 0.3 is 6.03 Å². The van der Waals surface area contributed by atoms with Gasteiger partial charge in [-0.1, -0.05) is 6.08 Å². The van der Waals surface area contributed by atoms with Crippen molar-refractivity contribution in [2.45, 2.75) is 19.3 Å². The molecule has 2 N–H and O–H groups in total. The van der Waals surface area contributed by atoms with E-state index in [1.807, 2.05) is 12.4 Å². The number of urea groups is 1. The first-order chi connectivity index (χ1) is 12.6. The zero-order valence-corrected chi connectivity index (χ0v) is 15.2. The van der Waals surface area contributed by atoms with E-state index in [1.165, 1.54) is 10.5 Å². The molecular weight excluding hydrogens is 348 g/mol. The van der Waals surface area contributed by atoms with Gasteiger partial charge in [0.1, 0.15) is 5.82 Å². The zero-order chi connectivity index (χ0) is 18.1. The largest absolute Gasteiger partial charge is 0.351 e. The van der Waals surface area contributed by atoms with Gasteiger partial charge in [0.05, 0.1) is 0 Å². The fraction of sp³-hybridized carbons (Fsp3) is 0.316. The number of aryl methyl sites for hydroxylation is 1. The third-order valence-corrected chi connectivity index (χ3v) is 6.05. The molecule has 0 aromatic carbocycles. The highest BCUT2D eigenvalue weighted by molar-refractivity contribution is 7.85. The summed E-state index contributed by atoms with van der Waals surface area (Å²) in [6.07, 6.45) is 10.1. The number of carbonyl (C=O) groups excluding carboxylic acids is 1. The van der Waals surface area contributed by atoms with E-state index < -0.39 is 16.8 Å². The maximum atomic E-state index is 11.6. The second-order valence-corrected chi connectivity index (χ2v) is 8.17. The fourth-order valence-corrected chi connectivity index (χ4v) is 4.48. The number of aromatic nitrogens is 2. The molecule has 0 bridgehead atoms. The van der Waals surface area contributed by atoms with Crippen molar-refractivity contribution in [1.29, 1.82) is 0 Å². The van der Waals surface area contributed by atoms with Crippen molar-refractivity contribution >= 4 is 28.2 Å². The Hall–Kier alpha value is -2.54. The summed E-state index contributed by atoms with van der Waals surface area (Å²) in [7, 11) is -0.734. The molecule has 0 saturated carbocycles. The molecule has 1 atom stereocenters. The number of nitrogens with two attached hydrogens (primary N) is 1. The van der Waals surface area contributed by atoms with E-state index in [2.05, 4.69) is 28.2 Å². The van der Waals surface area contributed by atoms with Crippen molar-refractivity contribution in [2.24, 2.45) is 5.73 Å². The molecule has 2 aromatic rings. The molecule has 2 aliphatic heterocycles. The molecule has 2 aromatic heterocycles. The molecule has 4 rings (SSSR count). The number of primary amides is 1. The minimum absolute atomic E-state index is 0.462. The van der Waals surface area contributed by atoms with Gasteiger partial charge < -0.3 is 5.73 Å². The van der Waals surface area contributed by atoms with Gasteiger partial charge in [0, 0.05) is 58.6 Å². The van der Waals surface area contributed by atoms with Gasteiger partial charge in [0.15, 0.2) is 0 Å². The van der Waals surface area contributed by atoms with Gasteiger partial charge in [-0.2, -0.15) is 0 Å². The molecule has 26 heavy (non-hydrogen) atoms. The van der Waals surface area contributed by atoms with Gasteiger partial charge in [-0.3, -0.25) is 14.1 Å². The first-order valence-corrected chi connectivity index (χ1v) is 10.2. The Morgan fingerprint density at radius 3 is 2.69 bits per heavy atom. The number of carbonyl (C=O) groups is 1. The van der Waals surface area contributed by atoms with Crippen LogP contribution >= 0.6 is 0 Å². The van der Waals surface area contributed by atoms with Crippen LogP contribution in [0.2, 0.25) is 0 Å². The van der Waals surface area contributed by atoms with Crippen LogP contribution < -0.4 is 10.6 Å². The minimum atomic E-state index is -0.734. The molecular formula is C19H20N4O2S. The van der Waals surface area contributed by atoms with E-state index >= 15 is 0 Å². The normalized spacial score (nSPS) is 19.6. The van der Waals surface area contributed by atoms with Crippen LogP contribution in [0.1, 0.15) is 24.0 Å². The smallest absolute Gasteiger partial charge is 0.320 e. The van der Waals surface area contributed by atoms with Gasteiger partial charge in [0.25, 0.3) is 0 Å². The van der Waals surface area contributed by atoms with Crippen molar-refractivity contribution in [3.63, 3.8) is 0 Å². The SMILES string of the molecule is NC(=O)N1CCCc2cc(-c3cncc(C4=CCS(=O)CC4)c3)cnc21. The Kier molecular flexibility index (Phi) is 4.55. The molecule has 4 heterocycles. The summed E-state index contributed by atoms with van der Waals surface area (Å²) in [6.45, 7) is 0.612. The third-order valence-electron chi connectivity index (χ3n) is 4.85. The lowest BCUT2D eigenvalue weighted by atomic mass is 9.98. The Morgan fingerprint density at radius 2 is 1.92 bits per heavy atom. The van der Waals surface area contributed by atoms with Gasteiger partial charge in [0.2, 0.25) is 0 Å². The molecule has 0 aliphatic carbocycles. The Bertz CT molecular complexity index is 926. The second-order valence-electron chi connectivity index (χ2n) is 6.55. The number of hydrogen-bond acceptors (Lipinski definition) is 4. The van der Waals surface area contributed by atoms with E-state index in [4.69, 9.17) is 5.73 Å². The number of pyridine rings is 2. The monoisotopic (exact) mass is 368 g/mol. The number of allylic oxidation sites excluding steroid dienone is 1. The van der Waals surface area contributed by atoms with Crippen LogP contribution in [0.15, 0.2) is 36.8 Å². The number of rotatable bonds is 2. The highest BCUT2D eigenvalue weighted by atomic mass is 32.2.